The quantitative estimate of drug-likeness (QED) is 0.889. The third kappa shape index (κ3) is 2.19. The normalized spacial score (nSPS) is 14.3. The van der Waals surface area contributed by atoms with Gasteiger partial charge in [0.15, 0.2) is 5.13 Å². The summed E-state index contributed by atoms with van der Waals surface area (Å²) < 4.78 is 0. The van der Waals surface area contributed by atoms with E-state index in [2.05, 4.69) is 21.7 Å². The van der Waals surface area contributed by atoms with Crippen molar-refractivity contribution in [3.8, 4) is 0 Å². The van der Waals surface area contributed by atoms with Crippen molar-refractivity contribution in [2.45, 2.75) is 13.0 Å². The molecule has 1 aliphatic rings. The van der Waals surface area contributed by atoms with E-state index >= 15 is 0 Å². The van der Waals surface area contributed by atoms with Crippen LogP contribution >= 0.6 is 22.7 Å². The summed E-state index contributed by atoms with van der Waals surface area (Å²) in [6.07, 6.45) is 0.927. The molecule has 0 radical (unpaired) electrons. The standard InChI is InChI=1S/C12H14N4OS2/c1-14-12-15-10(13)9(19-12)11(17)16-4-2-8-7(6-16)3-5-18-8/h3,5H,2,4,6,13H2,1H3,(H,14,15). The minimum Gasteiger partial charge on any atom is -0.382 e. The summed E-state index contributed by atoms with van der Waals surface area (Å²) in [6, 6.07) is 2.09. The van der Waals surface area contributed by atoms with Crippen molar-refractivity contribution in [2.24, 2.45) is 0 Å². The number of thiophene rings is 1. The van der Waals surface area contributed by atoms with Crippen molar-refractivity contribution in [1.29, 1.82) is 0 Å². The Hall–Kier alpha value is -1.60. The average molecular weight is 294 g/mol. The van der Waals surface area contributed by atoms with Crippen molar-refractivity contribution in [2.75, 3.05) is 24.6 Å². The molecule has 19 heavy (non-hydrogen) atoms. The molecule has 0 fully saturated rings. The van der Waals surface area contributed by atoms with Gasteiger partial charge in [0.1, 0.15) is 10.7 Å². The highest BCUT2D eigenvalue weighted by Crippen LogP contribution is 2.29. The minimum absolute atomic E-state index is 0.0200. The molecule has 0 saturated heterocycles. The van der Waals surface area contributed by atoms with Crippen molar-refractivity contribution >= 4 is 39.5 Å². The fourth-order valence-electron chi connectivity index (χ4n) is 2.16. The number of carbonyl (C=O) groups excluding carboxylic acids is 1. The summed E-state index contributed by atoms with van der Waals surface area (Å²) in [6.45, 7) is 1.42. The second-order valence-corrected chi connectivity index (χ2v) is 6.33. The first kappa shape index (κ1) is 12.4. The van der Waals surface area contributed by atoms with Crippen LogP contribution in [0.25, 0.3) is 0 Å². The van der Waals surface area contributed by atoms with Crippen molar-refractivity contribution in [1.82, 2.24) is 9.88 Å². The number of amides is 1. The summed E-state index contributed by atoms with van der Waals surface area (Å²) in [5, 5.41) is 5.67. The first-order chi connectivity index (χ1) is 9.19. The molecule has 0 spiro atoms. The van der Waals surface area contributed by atoms with Crippen LogP contribution in [-0.4, -0.2) is 29.4 Å². The van der Waals surface area contributed by atoms with E-state index in [9.17, 15) is 4.79 Å². The van der Waals surface area contributed by atoms with E-state index in [-0.39, 0.29) is 5.91 Å². The molecule has 3 rings (SSSR count). The molecule has 2 aromatic rings. The third-order valence-corrected chi connectivity index (χ3v) is 5.26. The molecule has 3 heterocycles. The number of nitrogen functional groups attached to an aromatic ring is 1. The van der Waals surface area contributed by atoms with Crippen LogP contribution in [0, 0.1) is 0 Å². The van der Waals surface area contributed by atoms with Gasteiger partial charge >= 0.3 is 0 Å². The Balaban J connectivity index is 1.83. The molecular weight excluding hydrogens is 280 g/mol. The van der Waals surface area contributed by atoms with Gasteiger partial charge < -0.3 is 16.0 Å². The maximum Gasteiger partial charge on any atom is 0.268 e. The Bertz CT molecular complexity index is 619. The van der Waals surface area contributed by atoms with E-state index in [1.54, 1.807) is 18.4 Å². The Labute approximate surface area is 119 Å². The Morgan fingerprint density at radius 2 is 2.42 bits per heavy atom. The van der Waals surface area contributed by atoms with Crippen LogP contribution in [0.3, 0.4) is 0 Å². The van der Waals surface area contributed by atoms with E-state index in [0.717, 1.165) is 13.0 Å². The van der Waals surface area contributed by atoms with E-state index in [1.165, 1.54) is 21.8 Å². The first-order valence-electron chi connectivity index (χ1n) is 5.97. The number of fused-ring (bicyclic) bond motifs is 1. The van der Waals surface area contributed by atoms with Crippen LogP contribution in [0.15, 0.2) is 11.4 Å². The Morgan fingerprint density at radius 3 is 3.16 bits per heavy atom. The topological polar surface area (TPSA) is 71.2 Å². The minimum atomic E-state index is -0.0200. The molecule has 0 atom stereocenters. The highest BCUT2D eigenvalue weighted by Gasteiger charge is 2.26. The van der Waals surface area contributed by atoms with Crippen LogP contribution in [0.4, 0.5) is 10.9 Å². The van der Waals surface area contributed by atoms with Gasteiger partial charge in [-0.05, 0) is 23.4 Å². The van der Waals surface area contributed by atoms with Gasteiger partial charge in [-0.1, -0.05) is 11.3 Å². The summed E-state index contributed by atoms with van der Waals surface area (Å²) >= 11 is 3.07. The summed E-state index contributed by atoms with van der Waals surface area (Å²) in [5.74, 6) is 0.295. The molecule has 0 unspecified atom stereocenters. The molecule has 0 bridgehead atoms. The number of hydrogen-bond acceptors (Lipinski definition) is 6. The fourth-order valence-corrected chi connectivity index (χ4v) is 3.85. The molecule has 1 amide bonds. The van der Waals surface area contributed by atoms with Gasteiger partial charge in [-0.2, -0.15) is 0 Å². The first-order valence-corrected chi connectivity index (χ1v) is 7.67. The van der Waals surface area contributed by atoms with Crippen LogP contribution < -0.4 is 11.1 Å². The van der Waals surface area contributed by atoms with Crippen molar-refractivity contribution in [3.05, 3.63) is 26.8 Å². The van der Waals surface area contributed by atoms with Gasteiger partial charge in [0.25, 0.3) is 5.91 Å². The van der Waals surface area contributed by atoms with Crippen LogP contribution in [0.1, 0.15) is 20.1 Å². The van der Waals surface area contributed by atoms with Crippen molar-refractivity contribution in [3.63, 3.8) is 0 Å². The number of nitrogens with two attached hydrogens (primary N) is 1. The molecule has 5 nitrogen and oxygen atoms in total. The monoisotopic (exact) mass is 294 g/mol. The number of hydrogen-bond donors (Lipinski definition) is 2. The summed E-state index contributed by atoms with van der Waals surface area (Å²) in [4.78, 5) is 20.4. The lowest BCUT2D eigenvalue weighted by atomic mass is 10.1. The Kier molecular flexibility index (Phi) is 3.16. The molecule has 7 heteroatoms. The molecule has 100 valence electrons. The largest absolute Gasteiger partial charge is 0.382 e. The van der Waals surface area contributed by atoms with E-state index in [1.807, 2.05) is 4.90 Å². The van der Waals surface area contributed by atoms with E-state index in [4.69, 9.17) is 5.73 Å². The highest BCUT2D eigenvalue weighted by molar-refractivity contribution is 7.18. The predicted octanol–water partition coefficient (Wildman–Crippen LogP) is 2.03. The van der Waals surface area contributed by atoms with Crippen LogP contribution in [0.5, 0.6) is 0 Å². The predicted molar refractivity (Wildman–Crippen MR) is 78.8 cm³/mol. The third-order valence-electron chi connectivity index (χ3n) is 3.16. The van der Waals surface area contributed by atoms with Gasteiger partial charge in [-0.25, -0.2) is 4.98 Å². The average Bonchev–Trinajstić information content (AvgIpc) is 3.02. The van der Waals surface area contributed by atoms with Crippen LogP contribution in [-0.2, 0) is 13.0 Å². The Morgan fingerprint density at radius 1 is 1.58 bits per heavy atom. The molecule has 2 aromatic heterocycles. The number of anilines is 2. The van der Waals surface area contributed by atoms with Crippen LogP contribution in [0.2, 0.25) is 0 Å². The fraction of sp³-hybridized carbons (Fsp3) is 0.333. The SMILES string of the molecule is CNc1nc(N)c(C(=O)N2CCc3sccc3C2)s1. The highest BCUT2D eigenvalue weighted by atomic mass is 32.1. The number of rotatable bonds is 2. The molecule has 1 aliphatic heterocycles. The van der Waals surface area contributed by atoms with Gasteiger partial charge in [0.05, 0.1) is 0 Å². The molecule has 3 N–H and O–H groups in total. The maximum atomic E-state index is 12.5. The smallest absolute Gasteiger partial charge is 0.268 e. The van der Waals surface area contributed by atoms with Gasteiger partial charge in [-0.3, -0.25) is 4.79 Å². The second kappa shape index (κ2) is 4.82. The second-order valence-electron chi connectivity index (χ2n) is 4.33. The van der Waals surface area contributed by atoms with Gasteiger partial charge in [0, 0.05) is 25.0 Å². The van der Waals surface area contributed by atoms with Crippen molar-refractivity contribution < 1.29 is 4.79 Å². The molecule has 0 saturated carbocycles. The zero-order chi connectivity index (χ0) is 13.4. The molecule has 0 aliphatic carbocycles. The maximum absolute atomic E-state index is 12.5. The molecule has 0 aromatic carbocycles. The van der Waals surface area contributed by atoms with Gasteiger partial charge in [0.2, 0.25) is 0 Å². The van der Waals surface area contributed by atoms with E-state index < -0.39 is 0 Å². The molecular formula is C12H14N4OS2. The lowest BCUT2D eigenvalue weighted by molar-refractivity contribution is 0.0741. The van der Waals surface area contributed by atoms with Gasteiger partial charge in [-0.15, -0.1) is 11.3 Å². The number of aromatic nitrogens is 1. The summed E-state index contributed by atoms with van der Waals surface area (Å²) in [5.41, 5.74) is 7.06. The number of thiazole rings is 1. The lowest BCUT2D eigenvalue weighted by Crippen LogP contribution is -2.35. The van der Waals surface area contributed by atoms with E-state index in [0.29, 0.717) is 22.4 Å². The number of nitrogens with one attached hydrogen (secondary N) is 1. The summed E-state index contributed by atoms with van der Waals surface area (Å²) in [7, 11) is 1.77. The number of nitrogens with zero attached hydrogens (tertiary/aromatic N) is 2. The zero-order valence-electron chi connectivity index (χ0n) is 10.5. The zero-order valence-corrected chi connectivity index (χ0v) is 12.1. The number of carbonyl (C=O) groups is 1. The lowest BCUT2D eigenvalue weighted by Gasteiger charge is -2.26.